The Morgan fingerprint density at radius 3 is 2.74 bits per heavy atom. The van der Waals surface area contributed by atoms with Crippen molar-refractivity contribution in [3.8, 4) is 5.75 Å². The largest absolute Gasteiger partial charge is 0.508 e. The molecular weight excluding hydrogens is 286 g/mol. The molecule has 3 heteroatoms. The summed E-state index contributed by atoms with van der Waals surface area (Å²) in [6, 6.07) is 6.25. The summed E-state index contributed by atoms with van der Waals surface area (Å²) < 4.78 is 0. The Morgan fingerprint density at radius 1 is 1.22 bits per heavy atom. The van der Waals surface area contributed by atoms with Crippen molar-refractivity contribution in [3.05, 3.63) is 29.3 Å². The topological polar surface area (TPSA) is 43.7 Å². The average Bonchev–Trinajstić information content (AvgIpc) is 2.77. The Bertz CT molecular complexity index is 614. The van der Waals surface area contributed by atoms with Gasteiger partial charge in [-0.2, -0.15) is 0 Å². The molecule has 3 aliphatic carbocycles. The molecule has 0 aromatic heterocycles. The molecule has 2 saturated carbocycles. The Kier molecular flexibility index (Phi) is 3.51. The van der Waals surface area contributed by atoms with E-state index in [4.69, 9.17) is 0 Å². The summed E-state index contributed by atoms with van der Waals surface area (Å²) >= 11 is 0. The second-order valence-electron chi connectivity index (χ2n) is 8.55. The van der Waals surface area contributed by atoms with Gasteiger partial charge in [-0.15, -0.1) is 0 Å². The van der Waals surface area contributed by atoms with E-state index in [0.717, 1.165) is 12.8 Å². The molecule has 0 amide bonds. The van der Waals surface area contributed by atoms with Crippen molar-refractivity contribution in [2.24, 2.45) is 17.3 Å². The summed E-state index contributed by atoms with van der Waals surface area (Å²) in [7, 11) is 4.24. The molecule has 0 spiro atoms. The maximum absolute atomic E-state index is 10.7. The first kappa shape index (κ1) is 15.5. The molecule has 0 radical (unpaired) electrons. The van der Waals surface area contributed by atoms with Crippen LogP contribution in [-0.2, 0) is 6.42 Å². The number of likely N-dealkylation sites (N-methyl/N-ethyl adjacent to an activating group) is 1. The fourth-order valence-corrected chi connectivity index (χ4v) is 6.49. The van der Waals surface area contributed by atoms with Gasteiger partial charge in [0.25, 0.3) is 0 Å². The fraction of sp³-hybridized carbons (Fsp3) is 0.700. The second kappa shape index (κ2) is 5.22. The third-order valence-electron chi connectivity index (χ3n) is 7.24. The van der Waals surface area contributed by atoms with E-state index in [-0.39, 0.29) is 17.6 Å². The monoisotopic (exact) mass is 315 g/mol. The van der Waals surface area contributed by atoms with Crippen molar-refractivity contribution in [1.82, 2.24) is 4.90 Å². The van der Waals surface area contributed by atoms with Gasteiger partial charge in [0.05, 0.1) is 6.10 Å². The number of phenols is 1. The summed E-state index contributed by atoms with van der Waals surface area (Å²) in [6.07, 6.45) is 5.44. The van der Waals surface area contributed by atoms with E-state index in [1.54, 1.807) is 0 Å². The lowest BCUT2D eigenvalue weighted by Crippen LogP contribution is -2.50. The van der Waals surface area contributed by atoms with Crippen LogP contribution in [0.2, 0.25) is 0 Å². The summed E-state index contributed by atoms with van der Waals surface area (Å²) in [6.45, 7) is 2.42. The van der Waals surface area contributed by atoms with E-state index < -0.39 is 0 Å². The van der Waals surface area contributed by atoms with E-state index in [9.17, 15) is 10.2 Å². The van der Waals surface area contributed by atoms with Crippen molar-refractivity contribution in [1.29, 1.82) is 0 Å². The zero-order valence-corrected chi connectivity index (χ0v) is 14.5. The van der Waals surface area contributed by atoms with E-state index >= 15 is 0 Å². The number of fused-ring (bicyclic) bond motifs is 5. The Balaban J connectivity index is 1.69. The van der Waals surface area contributed by atoms with Crippen molar-refractivity contribution >= 4 is 0 Å². The highest BCUT2D eigenvalue weighted by atomic mass is 16.3. The SMILES string of the molecule is CN(C)C1[C@H](O)C[C@H]2[C@@H]3CCc4cc(O)ccc4[C@H]3CC[C@]12C. The van der Waals surface area contributed by atoms with Crippen LogP contribution in [0.3, 0.4) is 0 Å². The lowest BCUT2D eigenvalue weighted by Gasteiger charge is -2.51. The van der Waals surface area contributed by atoms with Gasteiger partial charge in [0.15, 0.2) is 0 Å². The number of hydrogen-bond donors (Lipinski definition) is 2. The van der Waals surface area contributed by atoms with E-state index in [2.05, 4.69) is 32.0 Å². The van der Waals surface area contributed by atoms with Crippen LogP contribution in [-0.4, -0.2) is 41.4 Å². The fourth-order valence-electron chi connectivity index (χ4n) is 6.49. The van der Waals surface area contributed by atoms with E-state index in [1.807, 2.05) is 12.1 Å². The predicted octanol–water partition coefficient (Wildman–Crippen LogP) is 3.15. The predicted molar refractivity (Wildman–Crippen MR) is 91.6 cm³/mol. The lowest BCUT2D eigenvalue weighted by atomic mass is 9.55. The number of phenolic OH excluding ortho intramolecular Hbond substituents is 1. The third-order valence-corrected chi connectivity index (χ3v) is 7.24. The summed E-state index contributed by atoms with van der Waals surface area (Å²) in [4.78, 5) is 2.25. The molecule has 1 unspecified atom stereocenters. The van der Waals surface area contributed by atoms with Gasteiger partial charge in [-0.25, -0.2) is 0 Å². The maximum Gasteiger partial charge on any atom is 0.115 e. The smallest absolute Gasteiger partial charge is 0.115 e. The van der Waals surface area contributed by atoms with Crippen LogP contribution < -0.4 is 0 Å². The van der Waals surface area contributed by atoms with Gasteiger partial charge in [0, 0.05) is 6.04 Å². The Hall–Kier alpha value is -1.06. The lowest BCUT2D eigenvalue weighted by molar-refractivity contribution is -0.00208. The summed E-state index contributed by atoms with van der Waals surface area (Å²) in [5.41, 5.74) is 3.04. The first-order valence-corrected chi connectivity index (χ1v) is 9.08. The molecule has 0 aliphatic heterocycles. The molecule has 0 saturated heterocycles. The highest BCUT2D eigenvalue weighted by Crippen LogP contribution is 2.61. The first-order chi connectivity index (χ1) is 10.9. The van der Waals surface area contributed by atoms with Gasteiger partial charge in [-0.3, -0.25) is 0 Å². The van der Waals surface area contributed by atoms with Gasteiger partial charge in [0.2, 0.25) is 0 Å². The highest BCUT2D eigenvalue weighted by Gasteiger charge is 2.58. The van der Waals surface area contributed by atoms with Gasteiger partial charge in [-0.1, -0.05) is 13.0 Å². The standard InChI is InChI=1S/C20H29NO2/c1-20-9-8-15-14-7-5-13(22)10-12(14)4-6-16(15)17(20)11-18(23)19(20)21(2)3/h5,7,10,15-19,22-23H,4,6,8-9,11H2,1-3H3/t15-,16-,17+,18-,19?,20+/m1/s1. The number of aromatic hydroxyl groups is 1. The summed E-state index contributed by atoms with van der Waals surface area (Å²) in [5.74, 6) is 2.31. The molecule has 1 aromatic carbocycles. The van der Waals surface area contributed by atoms with Crippen LogP contribution in [0.4, 0.5) is 0 Å². The van der Waals surface area contributed by atoms with Crippen LogP contribution in [0, 0.1) is 17.3 Å². The van der Waals surface area contributed by atoms with Gasteiger partial charge >= 0.3 is 0 Å². The van der Waals surface area contributed by atoms with E-state index in [1.165, 1.54) is 30.4 Å². The van der Waals surface area contributed by atoms with Gasteiger partial charge in [0.1, 0.15) is 5.75 Å². The first-order valence-electron chi connectivity index (χ1n) is 9.08. The zero-order chi connectivity index (χ0) is 16.4. The molecule has 0 bridgehead atoms. The van der Waals surface area contributed by atoms with Crippen molar-refractivity contribution in [3.63, 3.8) is 0 Å². The Morgan fingerprint density at radius 2 is 2.00 bits per heavy atom. The molecule has 126 valence electrons. The summed E-state index contributed by atoms with van der Waals surface area (Å²) in [5, 5.41) is 20.5. The maximum atomic E-state index is 10.7. The normalized spacial score (nSPS) is 42.2. The highest BCUT2D eigenvalue weighted by molar-refractivity contribution is 5.40. The molecule has 3 nitrogen and oxygen atoms in total. The number of benzene rings is 1. The molecule has 4 rings (SSSR count). The van der Waals surface area contributed by atoms with Crippen molar-refractivity contribution in [2.45, 2.75) is 57.1 Å². The molecule has 3 aliphatic rings. The third kappa shape index (κ3) is 2.16. The molecule has 0 heterocycles. The second-order valence-corrected chi connectivity index (χ2v) is 8.55. The number of rotatable bonds is 1. The van der Waals surface area contributed by atoms with Crippen LogP contribution in [0.1, 0.15) is 49.7 Å². The van der Waals surface area contributed by atoms with Crippen molar-refractivity contribution in [2.75, 3.05) is 14.1 Å². The minimum absolute atomic E-state index is 0.194. The number of aliphatic hydroxyl groups excluding tert-OH is 1. The molecule has 6 atom stereocenters. The molecule has 1 aromatic rings. The van der Waals surface area contributed by atoms with Crippen LogP contribution in [0.25, 0.3) is 0 Å². The quantitative estimate of drug-likeness (QED) is 0.837. The average molecular weight is 315 g/mol. The number of nitrogens with zero attached hydrogens (tertiary/aromatic N) is 1. The van der Waals surface area contributed by atoms with Crippen molar-refractivity contribution < 1.29 is 10.2 Å². The van der Waals surface area contributed by atoms with Crippen LogP contribution in [0.5, 0.6) is 5.75 Å². The van der Waals surface area contributed by atoms with Gasteiger partial charge in [-0.05, 0) is 92.6 Å². The molecule has 23 heavy (non-hydrogen) atoms. The van der Waals surface area contributed by atoms with Crippen LogP contribution in [0.15, 0.2) is 18.2 Å². The number of aryl methyl sites for hydroxylation is 1. The van der Waals surface area contributed by atoms with Gasteiger partial charge < -0.3 is 15.1 Å². The minimum atomic E-state index is -0.194. The molecule has 2 N–H and O–H groups in total. The molecular formula is C20H29NO2. The Labute approximate surface area is 139 Å². The number of hydrogen-bond acceptors (Lipinski definition) is 3. The molecule has 2 fully saturated rings. The van der Waals surface area contributed by atoms with E-state index in [0.29, 0.717) is 23.5 Å². The number of aliphatic hydroxyl groups is 1. The minimum Gasteiger partial charge on any atom is -0.508 e. The van der Waals surface area contributed by atoms with Crippen LogP contribution >= 0.6 is 0 Å². The zero-order valence-electron chi connectivity index (χ0n) is 14.5.